The van der Waals surface area contributed by atoms with Crippen LogP contribution in [0.2, 0.25) is 0 Å². The third-order valence-corrected chi connectivity index (χ3v) is 5.08. The van der Waals surface area contributed by atoms with E-state index in [1.54, 1.807) is 0 Å². The molecule has 0 radical (unpaired) electrons. The van der Waals surface area contributed by atoms with Crippen molar-refractivity contribution < 1.29 is 9.59 Å². The minimum atomic E-state index is -0.198. The summed E-state index contributed by atoms with van der Waals surface area (Å²) < 4.78 is 0. The second-order valence-electron chi connectivity index (χ2n) is 6.64. The molecule has 6 heteroatoms. The van der Waals surface area contributed by atoms with Crippen LogP contribution in [-0.4, -0.2) is 55.6 Å². The summed E-state index contributed by atoms with van der Waals surface area (Å²) in [7, 11) is 0. The van der Waals surface area contributed by atoms with Gasteiger partial charge >= 0.3 is 6.03 Å². The van der Waals surface area contributed by atoms with Crippen LogP contribution in [0.15, 0.2) is 0 Å². The molecule has 2 heterocycles. The van der Waals surface area contributed by atoms with Gasteiger partial charge in [0.25, 0.3) is 0 Å². The number of hydrogen-bond donors (Lipinski definition) is 3. The normalized spacial score (nSPS) is 29.2. The predicted octanol–water partition coefficient (Wildman–Crippen LogP) is 0.296. The minimum Gasteiger partial charge on any atom is -0.340 e. The molecular formula is C15H26N4O2. The summed E-state index contributed by atoms with van der Waals surface area (Å²) in [6, 6.07) is 0.0855. The van der Waals surface area contributed by atoms with Gasteiger partial charge in [-0.05, 0) is 24.7 Å². The molecule has 6 nitrogen and oxygen atoms in total. The number of carbonyl (C=O) groups is 2. The zero-order chi connectivity index (χ0) is 14.7. The zero-order valence-electron chi connectivity index (χ0n) is 12.6. The monoisotopic (exact) mass is 294 g/mol. The number of urea groups is 1. The molecule has 21 heavy (non-hydrogen) atoms. The first kappa shape index (κ1) is 14.6. The Hall–Kier alpha value is -1.30. The molecular weight excluding hydrogens is 268 g/mol. The average molecular weight is 294 g/mol. The summed E-state index contributed by atoms with van der Waals surface area (Å²) in [5, 5.41) is 9.05. The number of hydrogen-bond acceptors (Lipinski definition) is 3. The number of carbonyl (C=O) groups excluding carboxylic acids is 2. The molecule has 118 valence electrons. The van der Waals surface area contributed by atoms with E-state index in [1.165, 1.54) is 19.3 Å². The summed E-state index contributed by atoms with van der Waals surface area (Å²) in [5.41, 5.74) is 0. The van der Waals surface area contributed by atoms with Gasteiger partial charge in [-0.1, -0.05) is 19.3 Å². The Labute approximate surface area is 126 Å². The van der Waals surface area contributed by atoms with Gasteiger partial charge in [0.2, 0.25) is 5.91 Å². The lowest BCUT2D eigenvalue weighted by atomic mass is 9.96. The Bertz CT molecular complexity index is 383. The fraction of sp³-hybridized carbons (Fsp3) is 0.867. The van der Waals surface area contributed by atoms with Crippen molar-refractivity contribution in [2.75, 3.05) is 32.7 Å². The lowest BCUT2D eigenvalue weighted by Crippen LogP contribution is -2.47. The van der Waals surface area contributed by atoms with E-state index < -0.39 is 0 Å². The predicted molar refractivity (Wildman–Crippen MR) is 79.8 cm³/mol. The highest BCUT2D eigenvalue weighted by Gasteiger charge is 2.37. The first-order chi connectivity index (χ1) is 10.2. The maximum Gasteiger partial charge on any atom is 0.315 e. The number of amides is 3. The van der Waals surface area contributed by atoms with Gasteiger partial charge in [0, 0.05) is 32.2 Å². The number of nitrogens with one attached hydrogen (secondary N) is 3. The van der Waals surface area contributed by atoms with Crippen molar-refractivity contribution in [3.63, 3.8) is 0 Å². The second-order valence-corrected chi connectivity index (χ2v) is 6.64. The van der Waals surface area contributed by atoms with Gasteiger partial charge in [0.1, 0.15) is 0 Å². The highest BCUT2D eigenvalue weighted by molar-refractivity contribution is 5.84. The quantitative estimate of drug-likeness (QED) is 0.701. The van der Waals surface area contributed by atoms with Crippen molar-refractivity contribution in [3.05, 3.63) is 0 Å². The molecule has 0 aromatic carbocycles. The Morgan fingerprint density at radius 3 is 2.38 bits per heavy atom. The molecule has 1 saturated carbocycles. The SMILES string of the molecule is O=C(NCC(=O)N1C[C@H]2CNC[C@H]2C1)NC1CCCCC1. The van der Waals surface area contributed by atoms with Gasteiger partial charge < -0.3 is 20.9 Å². The Morgan fingerprint density at radius 1 is 1.05 bits per heavy atom. The maximum atomic E-state index is 12.1. The Balaban J connectivity index is 1.36. The third-order valence-electron chi connectivity index (χ3n) is 5.08. The van der Waals surface area contributed by atoms with E-state index in [0.29, 0.717) is 11.8 Å². The van der Waals surface area contributed by atoms with Crippen molar-refractivity contribution >= 4 is 11.9 Å². The molecule has 1 aliphatic carbocycles. The summed E-state index contributed by atoms with van der Waals surface area (Å²) in [6.45, 7) is 3.82. The van der Waals surface area contributed by atoms with Crippen LogP contribution in [0.5, 0.6) is 0 Å². The fourth-order valence-corrected chi connectivity index (χ4v) is 3.81. The Morgan fingerprint density at radius 2 is 1.71 bits per heavy atom. The lowest BCUT2D eigenvalue weighted by molar-refractivity contribution is -0.129. The van der Waals surface area contributed by atoms with Crippen LogP contribution in [-0.2, 0) is 4.79 Å². The molecule has 2 aliphatic heterocycles. The second kappa shape index (κ2) is 6.64. The fourth-order valence-electron chi connectivity index (χ4n) is 3.81. The van der Waals surface area contributed by atoms with E-state index in [4.69, 9.17) is 0 Å². The molecule has 3 fully saturated rings. The average Bonchev–Trinajstić information content (AvgIpc) is 3.07. The molecule has 0 aromatic rings. The van der Waals surface area contributed by atoms with E-state index >= 15 is 0 Å². The number of rotatable bonds is 3. The van der Waals surface area contributed by atoms with Gasteiger partial charge in [-0.25, -0.2) is 4.79 Å². The maximum absolute atomic E-state index is 12.1. The largest absolute Gasteiger partial charge is 0.340 e. The standard InChI is InChI=1S/C15H26N4O2/c20-14(19-9-11-6-16-7-12(11)10-19)8-17-15(21)18-13-4-2-1-3-5-13/h11-13,16H,1-10H2,(H2,17,18,21)/t11-,12+. The van der Waals surface area contributed by atoms with Crippen LogP contribution in [0.4, 0.5) is 4.79 Å². The molecule has 3 aliphatic rings. The van der Waals surface area contributed by atoms with E-state index in [0.717, 1.165) is 39.0 Å². The summed E-state index contributed by atoms with van der Waals surface area (Å²) >= 11 is 0. The van der Waals surface area contributed by atoms with Gasteiger partial charge in [-0.15, -0.1) is 0 Å². The van der Waals surface area contributed by atoms with E-state index in [2.05, 4.69) is 16.0 Å². The van der Waals surface area contributed by atoms with E-state index in [1.807, 2.05) is 4.90 Å². The van der Waals surface area contributed by atoms with Gasteiger partial charge in [0.15, 0.2) is 0 Å². The van der Waals surface area contributed by atoms with Gasteiger partial charge in [0.05, 0.1) is 6.54 Å². The minimum absolute atomic E-state index is 0.0446. The zero-order valence-corrected chi connectivity index (χ0v) is 12.6. The van der Waals surface area contributed by atoms with Crippen LogP contribution >= 0.6 is 0 Å². The Kier molecular flexibility index (Phi) is 4.63. The van der Waals surface area contributed by atoms with Gasteiger partial charge in [-0.2, -0.15) is 0 Å². The summed E-state index contributed by atoms with van der Waals surface area (Å²) in [5.74, 6) is 1.25. The van der Waals surface area contributed by atoms with Crippen molar-refractivity contribution in [2.45, 2.75) is 38.1 Å². The molecule has 0 spiro atoms. The molecule has 0 bridgehead atoms. The van der Waals surface area contributed by atoms with E-state index in [-0.39, 0.29) is 24.5 Å². The highest BCUT2D eigenvalue weighted by Crippen LogP contribution is 2.26. The smallest absolute Gasteiger partial charge is 0.315 e. The first-order valence-electron chi connectivity index (χ1n) is 8.25. The molecule has 3 rings (SSSR count). The van der Waals surface area contributed by atoms with Crippen LogP contribution in [0, 0.1) is 11.8 Å². The lowest BCUT2D eigenvalue weighted by Gasteiger charge is -2.23. The summed E-state index contributed by atoms with van der Waals surface area (Å²) in [6.07, 6.45) is 5.76. The van der Waals surface area contributed by atoms with Crippen LogP contribution in [0.25, 0.3) is 0 Å². The molecule has 2 saturated heterocycles. The topological polar surface area (TPSA) is 73.5 Å². The molecule has 0 aromatic heterocycles. The first-order valence-corrected chi connectivity index (χ1v) is 8.25. The van der Waals surface area contributed by atoms with Gasteiger partial charge in [-0.3, -0.25) is 4.79 Å². The number of fused-ring (bicyclic) bond motifs is 1. The number of nitrogens with zero attached hydrogens (tertiary/aromatic N) is 1. The summed E-state index contributed by atoms with van der Waals surface area (Å²) in [4.78, 5) is 25.9. The third kappa shape index (κ3) is 3.67. The molecule has 3 N–H and O–H groups in total. The van der Waals surface area contributed by atoms with Crippen molar-refractivity contribution in [1.29, 1.82) is 0 Å². The van der Waals surface area contributed by atoms with Crippen molar-refractivity contribution in [3.8, 4) is 0 Å². The number of likely N-dealkylation sites (tertiary alicyclic amines) is 1. The van der Waals surface area contributed by atoms with Crippen LogP contribution in [0.3, 0.4) is 0 Å². The van der Waals surface area contributed by atoms with Crippen molar-refractivity contribution in [2.24, 2.45) is 11.8 Å². The molecule has 3 amide bonds. The van der Waals surface area contributed by atoms with Crippen molar-refractivity contribution in [1.82, 2.24) is 20.9 Å². The molecule has 2 atom stereocenters. The molecule has 0 unspecified atom stereocenters. The van der Waals surface area contributed by atoms with Crippen LogP contribution in [0.1, 0.15) is 32.1 Å². The highest BCUT2D eigenvalue weighted by atomic mass is 16.2. The van der Waals surface area contributed by atoms with E-state index in [9.17, 15) is 9.59 Å². The van der Waals surface area contributed by atoms with Crippen LogP contribution < -0.4 is 16.0 Å².